The van der Waals surface area contributed by atoms with Crippen molar-refractivity contribution in [1.29, 1.82) is 0 Å². The number of aryl methyl sites for hydroxylation is 1. The highest BCUT2D eigenvalue weighted by Crippen LogP contribution is 2.27. The summed E-state index contributed by atoms with van der Waals surface area (Å²) in [5.74, 6) is -0.242. The van der Waals surface area contributed by atoms with Crippen LogP contribution in [-0.2, 0) is 27.2 Å². The summed E-state index contributed by atoms with van der Waals surface area (Å²) in [4.78, 5) is 44.5. The number of carbonyl (C=O) groups is 3. The van der Waals surface area contributed by atoms with E-state index in [9.17, 15) is 14.4 Å². The number of likely N-dealkylation sites (tertiary alicyclic amines) is 1. The smallest absolute Gasteiger partial charge is 0.246 e. The van der Waals surface area contributed by atoms with Crippen LogP contribution in [0.3, 0.4) is 0 Å². The number of carbonyl (C=O) groups excluding carboxylic acids is 3. The van der Waals surface area contributed by atoms with E-state index in [1.54, 1.807) is 14.0 Å². The van der Waals surface area contributed by atoms with Gasteiger partial charge >= 0.3 is 0 Å². The summed E-state index contributed by atoms with van der Waals surface area (Å²) < 4.78 is 0. The van der Waals surface area contributed by atoms with E-state index in [4.69, 9.17) is 0 Å². The largest absolute Gasteiger partial charge is 0.342 e. The molecule has 2 aromatic rings. The van der Waals surface area contributed by atoms with Crippen LogP contribution in [0.15, 0.2) is 60.7 Å². The van der Waals surface area contributed by atoms with Gasteiger partial charge in [-0.15, -0.1) is 0 Å². The fraction of sp³-hybridized carbons (Fsp3) is 0.559. The molecule has 0 bridgehead atoms. The predicted molar refractivity (Wildman–Crippen MR) is 165 cm³/mol. The molecule has 1 aliphatic heterocycles. The third-order valence-corrected chi connectivity index (χ3v) is 8.27. The van der Waals surface area contributed by atoms with E-state index in [0.29, 0.717) is 19.6 Å². The minimum absolute atomic E-state index is 0.0655. The molecule has 1 fully saturated rings. The summed E-state index contributed by atoms with van der Waals surface area (Å²) in [5.41, 5.74) is 1.97. The molecule has 4 atom stereocenters. The molecule has 0 radical (unpaired) electrons. The first-order valence-electron chi connectivity index (χ1n) is 15.2. The first kappa shape index (κ1) is 32.3. The Labute approximate surface area is 247 Å². The molecule has 0 spiro atoms. The van der Waals surface area contributed by atoms with Crippen molar-refractivity contribution >= 4 is 17.7 Å². The van der Waals surface area contributed by atoms with Crippen molar-refractivity contribution in [2.24, 2.45) is 11.3 Å². The lowest BCUT2D eigenvalue weighted by Gasteiger charge is -2.38. The standard InChI is InChI=1S/C34H50N4O3/c1-25(19-20-27-14-9-7-10-15-27)32(40)37(23-21-28-16-11-8-12-17-28)24-29-18-13-22-38(29)33(41)30(34(3,4)5)36-31(39)26(2)35-6/h7-12,14-17,25-26,29-30,35H,13,18-24H2,1-6H3,(H,36,39)/t25-,26+,29+,30-/m1/s1. The lowest BCUT2D eigenvalue weighted by Crippen LogP contribution is -2.59. The summed E-state index contributed by atoms with van der Waals surface area (Å²) in [6.45, 7) is 11.5. The molecule has 41 heavy (non-hydrogen) atoms. The fourth-order valence-electron chi connectivity index (χ4n) is 5.45. The van der Waals surface area contributed by atoms with Gasteiger partial charge in [-0.3, -0.25) is 14.4 Å². The van der Waals surface area contributed by atoms with E-state index in [1.165, 1.54) is 11.1 Å². The molecule has 1 aliphatic rings. The maximum absolute atomic E-state index is 14.0. The molecule has 0 aliphatic carbocycles. The Balaban J connectivity index is 1.76. The third-order valence-electron chi connectivity index (χ3n) is 8.27. The van der Waals surface area contributed by atoms with Crippen molar-refractivity contribution in [2.45, 2.75) is 84.8 Å². The monoisotopic (exact) mass is 562 g/mol. The van der Waals surface area contributed by atoms with E-state index in [-0.39, 0.29) is 29.7 Å². The van der Waals surface area contributed by atoms with E-state index in [1.807, 2.05) is 73.9 Å². The highest BCUT2D eigenvalue weighted by molar-refractivity contribution is 5.90. The molecule has 3 rings (SSSR count). The van der Waals surface area contributed by atoms with Gasteiger partial charge in [0.1, 0.15) is 6.04 Å². The van der Waals surface area contributed by atoms with Crippen molar-refractivity contribution in [3.63, 3.8) is 0 Å². The van der Waals surface area contributed by atoms with Crippen LogP contribution in [0, 0.1) is 11.3 Å². The van der Waals surface area contributed by atoms with Gasteiger partial charge in [0.2, 0.25) is 17.7 Å². The molecule has 3 amide bonds. The Kier molecular flexibility index (Phi) is 11.9. The maximum Gasteiger partial charge on any atom is 0.246 e. The van der Waals surface area contributed by atoms with E-state index in [0.717, 1.165) is 32.1 Å². The first-order valence-corrected chi connectivity index (χ1v) is 15.2. The minimum atomic E-state index is -0.648. The third kappa shape index (κ3) is 9.42. The Bertz CT molecular complexity index is 1120. The summed E-state index contributed by atoms with van der Waals surface area (Å²) in [6.07, 6.45) is 4.13. The lowest BCUT2D eigenvalue weighted by atomic mass is 9.85. The second kappa shape index (κ2) is 15.2. The predicted octanol–water partition coefficient (Wildman–Crippen LogP) is 4.46. The fourth-order valence-corrected chi connectivity index (χ4v) is 5.45. The van der Waals surface area contributed by atoms with Crippen LogP contribution in [-0.4, -0.2) is 72.3 Å². The zero-order valence-electron chi connectivity index (χ0n) is 25.9. The molecule has 7 heteroatoms. The first-order chi connectivity index (χ1) is 19.5. The number of hydrogen-bond donors (Lipinski definition) is 2. The van der Waals surface area contributed by atoms with E-state index >= 15 is 0 Å². The summed E-state index contributed by atoms with van der Waals surface area (Å²) in [5, 5.41) is 5.96. The number of nitrogens with one attached hydrogen (secondary N) is 2. The van der Waals surface area contributed by atoms with Crippen molar-refractivity contribution in [2.75, 3.05) is 26.7 Å². The van der Waals surface area contributed by atoms with Crippen molar-refractivity contribution in [3.05, 3.63) is 71.8 Å². The Morgan fingerprint density at radius 2 is 1.54 bits per heavy atom. The molecule has 0 saturated carbocycles. The van der Waals surface area contributed by atoms with E-state index in [2.05, 4.69) is 34.9 Å². The molecule has 1 heterocycles. The van der Waals surface area contributed by atoms with Crippen LogP contribution < -0.4 is 10.6 Å². The Hall–Kier alpha value is -3.19. The normalized spacial score (nSPS) is 17.5. The van der Waals surface area contributed by atoms with Crippen LogP contribution in [0.1, 0.15) is 65.0 Å². The van der Waals surface area contributed by atoms with Gasteiger partial charge in [0.05, 0.1) is 6.04 Å². The molecular formula is C34H50N4O3. The minimum Gasteiger partial charge on any atom is -0.342 e. The number of nitrogens with zero attached hydrogens (tertiary/aromatic N) is 2. The van der Waals surface area contributed by atoms with Gasteiger partial charge in [-0.2, -0.15) is 0 Å². The van der Waals surface area contributed by atoms with E-state index < -0.39 is 17.5 Å². The summed E-state index contributed by atoms with van der Waals surface area (Å²) >= 11 is 0. The van der Waals surface area contributed by atoms with Gasteiger partial charge in [0.15, 0.2) is 0 Å². The zero-order valence-corrected chi connectivity index (χ0v) is 25.9. The molecule has 0 aromatic heterocycles. The molecular weight excluding hydrogens is 512 g/mol. The van der Waals surface area contributed by atoms with Crippen molar-refractivity contribution in [1.82, 2.24) is 20.4 Å². The summed E-state index contributed by atoms with van der Waals surface area (Å²) in [6, 6.07) is 19.4. The second-order valence-corrected chi connectivity index (χ2v) is 12.6. The van der Waals surface area contributed by atoms with Crippen LogP contribution in [0.4, 0.5) is 0 Å². The van der Waals surface area contributed by atoms with Gasteiger partial charge in [0.25, 0.3) is 0 Å². The van der Waals surface area contributed by atoms with Gasteiger partial charge in [-0.05, 0) is 62.6 Å². The average Bonchev–Trinajstić information content (AvgIpc) is 3.44. The van der Waals surface area contributed by atoms with Gasteiger partial charge < -0.3 is 20.4 Å². The van der Waals surface area contributed by atoms with Crippen molar-refractivity contribution in [3.8, 4) is 0 Å². The Morgan fingerprint density at radius 3 is 2.10 bits per heavy atom. The average molecular weight is 563 g/mol. The van der Waals surface area contributed by atoms with Crippen LogP contribution >= 0.6 is 0 Å². The SMILES string of the molecule is CN[C@@H](C)C(=O)N[C@H](C(=O)N1CCC[C@H]1CN(CCc1ccccc1)C(=O)[C@H](C)CCc1ccccc1)C(C)(C)C. The maximum atomic E-state index is 14.0. The lowest BCUT2D eigenvalue weighted by molar-refractivity contribution is -0.142. The number of likely N-dealkylation sites (N-methyl/N-ethyl adjacent to an activating group) is 1. The zero-order chi connectivity index (χ0) is 30.0. The topological polar surface area (TPSA) is 81.8 Å². The number of hydrogen-bond acceptors (Lipinski definition) is 4. The highest BCUT2D eigenvalue weighted by Gasteiger charge is 2.41. The van der Waals surface area contributed by atoms with Gasteiger partial charge in [-0.1, -0.05) is 88.4 Å². The highest BCUT2D eigenvalue weighted by atomic mass is 16.2. The molecule has 2 aromatic carbocycles. The molecule has 7 nitrogen and oxygen atoms in total. The van der Waals surface area contributed by atoms with Crippen molar-refractivity contribution < 1.29 is 14.4 Å². The number of rotatable bonds is 13. The van der Waals surface area contributed by atoms with Crippen LogP contribution in [0.25, 0.3) is 0 Å². The summed E-state index contributed by atoms with van der Waals surface area (Å²) in [7, 11) is 1.73. The number of amides is 3. The van der Waals surface area contributed by atoms with Crippen LogP contribution in [0.2, 0.25) is 0 Å². The molecule has 1 saturated heterocycles. The van der Waals surface area contributed by atoms with Gasteiger partial charge in [-0.25, -0.2) is 0 Å². The van der Waals surface area contributed by atoms with Gasteiger partial charge in [0, 0.05) is 31.6 Å². The molecule has 0 unspecified atom stereocenters. The second-order valence-electron chi connectivity index (χ2n) is 12.6. The quantitative estimate of drug-likeness (QED) is 0.378. The number of benzene rings is 2. The molecule has 2 N–H and O–H groups in total. The molecule has 224 valence electrons. The Morgan fingerprint density at radius 1 is 0.951 bits per heavy atom. The van der Waals surface area contributed by atoms with Crippen LogP contribution in [0.5, 0.6) is 0 Å².